The van der Waals surface area contributed by atoms with Gasteiger partial charge in [0.1, 0.15) is 4.83 Å². The quantitative estimate of drug-likeness (QED) is 0.423. The fourth-order valence-electron chi connectivity index (χ4n) is 3.57. The van der Waals surface area contributed by atoms with Gasteiger partial charge in [0.2, 0.25) is 0 Å². The molecule has 3 heterocycles. The Bertz CT molecular complexity index is 1060. The minimum atomic E-state index is -0.205. The lowest BCUT2D eigenvalue weighted by molar-refractivity contribution is -0.0543. The number of ether oxygens (including phenoxy) is 1. The standard InChI is InChI=1S/C22H26N2O2S2/c1-5-22(4)11-16-17(13-26-22)28-19-18(16)20(25)24(21(23-19)27-14(2)3)12-15-9-7-6-8-10-15/h6-10,14H,5,11-13H2,1-4H3/t22-/m1/s1. The molecule has 0 fully saturated rings. The fourth-order valence-corrected chi connectivity index (χ4v) is 5.56. The maximum absolute atomic E-state index is 13.6. The van der Waals surface area contributed by atoms with Crippen molar-refractivity contribution in [2.24, 2.45) is 0 Å². The summed E-state index contributed by atoms with van der Waals surface area (Å²) in [7, 11) is 0. The van der Waals surface area contributed by atoms with Crippen LogP contribution in [-0.2, 0) is 24.3 Å². The molecule has 1 aliphatic rings. The summed E-state index contributed by atoms with van der Waals surface area (Å²) in [5.41, 5.74) is 2.14. The van der Waals surface area contributed by atoms with Crippen LogP contribution >= 0.6 is 23.1 Å². The van der Waals surface area contributed by atoms with Crippen LogP contribution in [0.1, 0.15) is 50.1 Å². The molecule has 2 aromatic heterocycles. The predicted octanol–water partition coefficient (Wildman–Crippen LogP) is 5.25. The van der Waals surface area contributed by atoms with Crippen molar-refractivity contribution in [3.05, 3.63) is 56.7 Å². The second-order valence-corrected chi connectivity index (χ2v) is 10.5. The third kappa shape index (κ3) is 3.65. The first-order chi connectivity index (χ1) is 13.4. The Kier molecular flexibility index (Phi) is 5.38. The molecule has 0 amide bonds. The van der Waals surface area contributed by atoms with Crippen LogP contribution in [0.4, 0.5) is 0 Å². The van der Waals surface area contributed by atoms with Gasteiger partial charge in [0, 0.05) is 16.5 Å². The van der Waals surface area contributed by atoms with Gasteiger partial charge in [0.05, 0.1) is 24.1 Å². The molecule has 1 atom stereocenters. The Balaban J connectivity index is 1.89. The molecule has 6 heteroatoms. The summed E-state index contributed by atoms with van der Waals surface area (Å²) in [4.78, 5) is 20.6. The monoisotopic (exact) mass is 414 g/mol. The third-order valence-corrected chi connectivity index (χ3v) is 7.43. The molecule has 0 radical (unpaired) electrons. The van der Waals surface area contributed by atoms with Gasteiger partial charge in [-0.3, -0.25) is 9.36 Å². The second-order valence-electron chi connectivity index (χ2n) is 7.89. The number of thioether (sulfide) groups is 1. The normalized spacial score (nSPS) is 19.3. The molecule has 28 heavy (non-hydrogen) atoms. The molecule has 0 N–H and O–H groups in total. The van der Waals surface area contributed by atoms with E-state index < -0.39 is 0 Å². The predicted molar refractivity (Wildman–Crippen MR) is 118 cm³/mol. The maximum Gasteiger partial charge on any atom is 0.263 e. The Morgan fingerprint density at radius 3 is 2.75 bits per heavy atom. The van der Waals surface area contributed by atoms with Gasteiger partial charge in [-0.05, 0) is 24.5 Å². The van der Waals surface area contributed by atoms with Crippen molar-refractivity contribution in [1.29, 1.82) is 0 Å². The van der Waals surface area contributed by atoms with E-state index in [-0.39, 0.29) is 11.2 Å². The van der Waals surface area contributed by atoms with Crippen molar-refractivity contribution < 1.29 is 4.74 Å². The van der Waals surface area contributed by atoms with Crippen molar-refractivity contribution in [2.75, 3.05) is 0 Å². The summed E-state index contributed by atoms with van der Waals surface area (Å²) in [5, 5.41) is 1.95. The molecule has 0 unspecified atom stereocenters. The molecule has 4 rings (SSSR count). The van der Waals surface area contributed by atoms with Gasteiger partial charge in [-0.25, -0.2) is 4.98 Å². The zero-order chi connectivity index (χ0) is 19.9. The van der Waals surface area contributed by atoms with Crippen molar-refractivity contribution in [2.45, 2.75) is 69.7 Å². The van der Waals surface area contributed by atoms with Crippen LogP contribution in [0.5, 0.6) is 0 Å². The van der Waals surface area contributed by atoms with E-state index in [1.807, 2.05) is 22.8 Å². The van der Waals surface area contributed by atoms with Gasteiger partial charge in [0.25, 0.3) is 5.56 Å². The van der Waals surface area contributed by atoms with Crippen LogP contribution in [0.2, 0.25) is 0 Å². The molecular formula is C22H26N2O2S2. The highest BCUT2D eigenvalue weighted by Gasteiger charge is 2.33. The largest absolute Gasteiger partial charge is 0.369 e. The minimum absolute atomic E-state index is 0.0786. The fraction of sp³-hybridized carbons (Fsp3) is 0.455. The molecule has 1 aromatic carbocycles. The number of thiophene rings is 1. The highest BCUT2D eigenvalue weighted by atomic mass is 32.2. The molecule has 0 saturated heterocycles. The lowest BCUT2D eigenvalue weighted by Crippen LogP contribution is -2.34. The summed E-state index contributed by atoms with van der Waals surface area (Å²) in [6.45, 7) is 9.66. The Morgan fingerprint density at radius 2 is 2.07 bits per heavy atom. The number of benzene rings is 1. The SMILES string of the molecule is CC[C@]1(C)Cc2c(sc3nc(SC(C)C)n(Cc4ccccc4)c(=O)c23)CO1. The smallest absolute Gasteiger partial charge is 0.263 e. The lowest BCUT2D eigenvalue weighted by atomic mass is 9.90. The van der Waals surface area contributed by atoms with E-state index in [9.17, 15) is 4.79 Å². The van der Waals surface area contributed by atoms with Crippen LogP contribution in [0.25, 0.3) is 10.2 Å². The average molecular weight is 415 g/mol. The van der Waals surface area contributed by atoms with Gasteiger partial charge >= 0.3 is 0 Å². The van der Waals surface area contributed by atoms with Crippen LogP contribution in [0.15, 0.2) is 40.3 Å². The molecule has 0 saturated carbocycles. The molecule has 0 spiro atoms. The van der Waals surface area contributed by atoms with Gasteiger partial charge in [-0.15, -0.1) is 11.3 Å². The van der Waals surface area contributed by atoms with Gasteiger partial charge < -0.3 is 4.74 Å². The lowest BCUT2D eigenvalue weighted by Gasteiger charge is -2.32. The summed E-state index contributed by atoms with van der Waals surface area (Å²) in [6.07, 6.45) is 1.70. The van der Waals surface area contributed by atoms with Gasteiger partial charge in [-0.1, -0.05) is 62.9 Å². The summed E-state index contributed by atoms with van der Waals surface area (Å²) in [6, 6.07) is 10.1. The minimum Gasteiger partial charge on any atom is -0.369 e. The molecule has 148 valence electrons. The van der Waals surface area contributed by atoms with Crippen LogP contribution in [0.3, 0.4) is 0 Å². The van der Waals surface area contributed by atoms with Crippen LogP contribution < -0.4 is 5.56 Å². The highest BCUT2D eigenvalue weighted by Crippen LogP contribution is 2.39. The van der Waals surface area contributed by atoms with Crippen molar-refractivity contribution in [3.8, 4) is 0 Å². The Morgan fingerprint density at radius 1 is 1.32 bits per heavy atom. The first-order valence-electron chi connectivity index (χ1n) is 9.80. The van der Waals surface area contributed by atoms with E-state index in [1.165, 1.54) is 0 Å². The van der Waals surface area contributed by atoms with E-state index in [2.05, 4.69) is 39.8 Å². The van der Waals surface area contributed by atoms with Crippen LogP contribution in [0, 0.1) is 0 Å². The topological polar surface area (TPSA) is 44.1 Å². The molecule has 3 aromatic rings. The summed E-state index contributed by atoms with van der Waals surface area (Å²) < 4.78 is 7.96. The van der Waals surface area contributed by atoms with Gasteiger partial charge in [-0.2, -0.15) is 0 Å². The number of hydrogen-bond donors (Lipinski definition) is 0. The van der Waals surface area contributed by atoms with E-state index in [4.69, 9.17) is 9.72 Å². The van der Waals surface area contributed by atoms with E-state index >= 15 is 0 Å². The number of hydrogen-bond acceptors (Lipinski definition) is 5. The highest BCUT2D eigenvalue weighted by molar-refractivity contribution is 7.99. The molecule has 1 aliphatic heterocycles. The third-order valence-electron chi connectivity index (χ3n) is 5.33. The molecule has 0 bridgehead atoms. The first kappa shape index (κ1) is 19.7. The molecular weight excluding hydrogens is 388 g/mol. The summed E-state index contributed by atoms with van der Waals surface area (Å²) in [5.74, 6) is 0. The first-order valence-corrected chi connectivity index (χ1v) is 11.5. The second kappa shape index (κ2) is 7.65. The van der Waals surface area contributed by atoms with E-state index in [0.29, 0.717) is 18.4 Å². The van der Waals surface area contributed by atoms with E-state index in [0.717, 1.165) is 44.2 Å². The number of aromatic nitrogens is 2. The van der Waals surface area contributed by atoms with Crippen LogP contribution in [-0.4, -0.2) is 20.4 Å². The zero-order valence-electron chi connectivity index (χ0n) is 16.8. The van der Waals surface area contributed by atoms with Gasteiger partial charge in [0.15, 0.2) is 5.16 Å². The maximum atomic E-state index is 13.6. The average Bonchev–Trinajstić information content (AvgIpc) is 3.02. The van der Waals surface area contributed by atoms with Crippen molar-refractivity contribution >= 4 is 33.3 Å². The number of rotatable bonds is 5. The Labute approximate surface area is 174 Å². The molecule has 0 aliphatic carbocycles. The Hall–Kier alpha value is -1.63. The van der Waals surface area contributed by atoms with Crippen molar-refractivity contribution in [1.82, 2.24) is 9.55 Å². The van der Waals surface area contributed by atoms with E-state index in [1.54, 1.807) is 23.1 Å². The zero-order valence-corrected chi connectivity index (χ0v) is 18.5. The number of fused-ring (bicyclic) bond motifs is 3. The number of nitrogens with zero attached hydrogens (tertiary/aromatic N) is 2. The summed E-state index contributed by atoms with van der Waals surface area (Å²) >= 11 is 3.27. The molecule has 4 nitrogen and oxygen atoms in total. The van der Waals surface area contributed by atoms with Crippen molar-refractivity contribution in [3.63, 3.8) is 0 Å².